The SMILES string of the molecule is CCC(OP(=O)(OC)OC)(C(=O)c1ccccc1)C(F)(F)F. The van der Waals surface area contributed by atoms with Gasteiger partial charge in [0.05, 0.1) is 0 Å². The molecular weight excluding hydrogens is 324 g/mol. The molecule has 0 saturated carbocycles. The van der Waals surface area contributed by atoms with Crippen LogP contribution in [0.5, 0.6) is 0 Å². The molecule has 1 aromatic carbocycles. The Balaban J connectivity index is 3.41. The summed E-state index contributed by atoms with van der Waals surface area (Å²) >= 11 is 0. The van der Waals surface area contributed by atoms with Crippen molar-refractivity contribution in [1.29, 1.82) is 0 Å². The molecule has 9 heteroatoms. The third kappa shape index (κ3) is 3.57. The fraction of sp³-hybridized carbons (Fsp3) is 0.462. The number of phosphoric acid groups is 1. The maximum absolute atomic E-state index is 13.5. The smallest absolute Gasteiger partial charge is 0.290 e. The molecule has 0 aliphatic carbocycles. The summed E-state index contributed by atoms with van der Waals surface area (Å²) in [5.74, 6) is -1.36. The Morgan fingerprint density at radius 3 is 2.00 bits per heavy atom. The Bertz CT molecular complexity index is 553. The summed E-state index contributed by atoms with van der Waals surface area (Å²) in [7, 11) is -2.79. The lowest BCUT2D eigenvalue weighted by molar-refractivity contribution is -0.232. The van der Waals surface area contributed by atoms with Gasteiger partial charge in [-0.05, 0) is 6.42 Å². The van der Waals surface area contributed by atoms with Crippen LogP contribution in [0.2, 0.25) is 0 Å². The second kappa shape index (κ2) is 6.91. The first-order valence-corrected chi connectivity index (χ1v) is 7.70. The summed E-state index contributed by atoms with van der Waals surface area (Å²) in [5, 5.41) is 0. The average molecular weight is 340 g/mol. The van der Waals surface area contributed by atoms with Crippen molar-refractivity contribution in [2.24, 2.45) is 0 Å². The molecule has 0 heterocycles. The molecule has 0 N–H and O–H groups in total. The van der Waals surface area contributed by atoms with Crippen LogP contribution in [0.1, 0.15) is 23.7 Å². The number of hydrogen-bond donors (Lipinski definition) is 0. The van der Waals surface area contributed by atoms with Crippen molar-refractivity contribution in [1.82, 2.24) is 0 Å². The number of Topliss-reactive ketones (excluding diaryl/α,β-unsaturated/α-hetero) is 1. The van der Waals surface area contributed by atoms with Gasteiger partial charge in [-0.25, -0.2) is 4.57 Å². The Hall–Kier alpha value is -1.21. The van der Waals surface area contributed by atoms with E-state index in [1.54, 1.807) is 6.07 Å². The lowest BCUT2D eigenvalue weighted by Crippen LogP contribution is -2.53. The summed E-state index contributed by atoms with van der Waals surface area (Å²) in [6, 6.07) is 6.80. The minimum absolute atomic E-state index is 0.222. The second-order valence-electron chi connectivity index (χ2n) is 4.28. The van der Waals surface area contributed by atoms with Crippen molar-refractivity contribution < 1.29 is 36.1 Å². The van der Waals surface area contributed by atoms with Gasteiger partial charge in [-0.2, -0.15) is 13.2 Å². The molecule has 22 heavy (non-hydrogen) atoms. The Morgan fingerprint density at radius 1 is 1.14 bits per heavy atom. The van der Waals surface area contributed by atoms with Crippen LogP contribution in [0, 0.1) is 0 Å². The zero-order chi connectivity index (χ0) is 17.0. The molecular formula is C13H16F3O5P. The first kappa shape index (κ1) is 18.8. The minimum Gasteiger partial charge on any atom is -0.290 e. The van der Waals surface area contributed by atoms with E-state index in [2.05, 4.69) is 13.6 Å². The van der Waals surface area contributed by atoms with Crippen molar-refractivity contribution in [2.75, 3.05) is 14.2 Å². The third-order valence-corrected chi connectivity index (χ3v) is 4.50. The normalized spacial score (nSPS) is 15.4. The van der Waals surface area contributed by atoms with Gasteiger partial charge < -0.3 is 0 Å². The lowest BCUT2D eigenvalue weighted by atomic mass is 9.90. The number of carbonyl (C=O) groups excluding carboxylic acids is 1. The van der Waals surface area contributed by atoms with Crippen LogP contribution >= 0.6 is 7.82 Å². The number of carbonyl (C=O) groups is 1. The highest BCUT2D eigenvalue weighted by molar-refractivity contribution is 7.48. The largest absolute Gasteiger partial charge is 0.475 e. The number of halogens is 3. The Kier molecular flexibility index (Phi) is 5.92. The van der Waals surface area contributed by atoms with E-state index in [4.69, 9.17) is 0 Å². The highest BCUT2D eigenvalue weighted by Gasteiger charge is 2.63. The van der Waals surface area contributed by atoms with Gasteiger partial charge in [-0.3, -0.25) is 18.4 Å². The van der Waals surface area contributed by atoms with E-state index < -0.39 is 31.8 Å². The average Bonchev–Trinajstić information content (AvgIpc) is 2.51. The summed E-state index contributed by atoms with van der Waals surface area (Å²) < 4.78 is 66.0. The molecule has 124 valence electrons. The highest BCUT2D eigenvalue weighted by atomic mass is 31.2. The molecule has 1 atom stereocenters. The Labute approximate surface area is 126 Å². The molecule has 5 nitrogen and oxygen atoms in total. The van der Waals surface area contributed by atoms with Crippen LogP contribution in [0.3, 0.4) is 0 Å². The first-order chi connectivity index (χ1) is 10.2. The topological polar surface area (TPSA) is 61.8 Å². The van der Waals surface area contributed by atoms with E-state index in [1.165, 1.54) is 24.3 Å². The maximum Gasteiger partial charge on any atom is 0.475 e. The number of phosphoric ester groups is 1. The quantitative estimate of drug-likeness (QED) is 0.555. The van der Waals surface area contributed by atoms with Crippen molar-refractivity contribution >= 4 is 13.6 Å². The van der Waals surface area contributed by atoms with E-state index in [9.17, 15) is 22.5 Å². The number of benzene rings is 1. The number of ketones is 1. The molecule has 0 aromatic heterocycles. The van der Waals surface area contributed by atoms with Gasteiger partial charge in [0, 0.05) is 19.8 Å². The van der Waals surface area contributed by atoms with Crippen LogP contribution in [0.25, 0.3) is 0 Å². The van der Waals surface area contributed by atoms with Crippen LogP contribution < -0.4 is 0 Å². The summed E-state index contributed by atoms with van der Waals surface area (Å²) in [6.45, 7) is 1.10. The zero-order valence-electron chi connectivity index (χ0n) is 12.2. The summed E-state index contributed by atoms with van der Waals surface area (Å²) in [4.78, 5) is 12.4. The molecule has 0 radical (unpaired) electrons. The third-order valence-electron chi connectivity index (χ3n) is 3.07. The van der Waals surface area contributed by atoms with Crippen LogP contribution in [0.4, 0.5) is 13.2 Å². The zero-order valence-corrected chi connectivity index (χ0v) is 13.1. The number of hydrogen-bond acceptors (Lipinski definition) is 5. The standard InChI is InChI=1S/C13H16F3O5P/c1-4-12(13(14,15)16,21-22(18,19-2)20-3)11(17)10-8-6-5-7-9-10/h5-9H,4H2,1-3H3. The fourth-order valence-electron chi connectivity index (χ4n) is 1.81. The van der Waals surface area contributed by atoms with E-state index in [0.717, 1.165) is 21.1 Å². The van der Waals surface area contributed by atoms with Crippen LogP contribution in [-0.2, 0) is 18.1 Å². The molecule has 0 aliphatic heterocycles. The molecule has 0 saturated heterocycles. The number of alkyl halides is 3. The Morgan fingerprint density at radius 2 is 1.64 bits per heavy atom. The van der Waals surface area contributed by atoms with Gasteiger partial charge in [-0.1, -0.05) is 37.3 Å². The predicted molar refractivity (Wildman–Crippen MR) is 72.6 cm³/mol. The highest BCUT2D eigenvalue weighted by Crippen LogP contribution is 2.56. The van der Waals surface area contributed by atoms with E-state index in [0.29, 0.717) is 0 Å². The number of rotatable bonds is 7. The molecule has 1 rings (SSSR count). The molecule has 0 amide bonds. The van der Waals surface area contributed by atoms with E-state index in [1.807, 2.05) is 0 Å². The van der Waals surface area contributed by atoms with Crippen molar-refractivity contribution in [2.45, 2.75) is 25.1 Å². The van der Waals surface area contributed by atoms with Gasteiger partial charge in [0.25, 0.3) is 0 Å². The molecule has 1 aromatic rings. The van der Waals surface area contributed by atoms with Gasteiger partial charge in [-0.15, -0.1) is 0 Å². The lowest BCUT2D eigenvalue weighted by Gasteiger charge is -2.34. The van der Waals surface area contributed by atoms with Gasteiger partial charge in [0.2, 0.25) is 11.4 Å². The molecule has 0 fully saturated rings. The van der Waals surface area contributed by atoms with Crippen molar-refractivity contribution in [3.63, 3.8) is 0 Å². The summed E-state index contributed by atoms with van der Waals surface area (Å²) in [5.41, 5.74) is -3.55. The molecule has 0 aliphatic rings. The summed E-state index contributed by atoms with van der Waals surface area (Å²) in [6.07, 6.45) is -5.90. The van der Waals surface area contributed by atoms with Crippen molar-refractivity contribution in [3.05, 3.63) is 35.9 Å². The van der Waals surface area contributed by atoms with Crippen molar-refractivity contribution in [3.8, 4) is 0 Å². The van der Waals surface area contributed by atoms with Gasteiger partial charge in [0.1, 0.15) is 0 Å². The predicted octanol–water partition coefficient (Wildman–Crippen LogP) is 4.00. The molecule has 0 spiro atoms. The molecule has 0 bridgehead atoms. The van der Waals surface area contributed by atoms with Gasteiger partial charge in [0.15, 0.2) is 0 Å². The van der Waals surface area contributed by atoms with Crippen LogP contribution in [0.15, 0.2) is 30.3 Å². The van der Waals surface area contributed by atoms with Gasteiger partial charge >= 0.3 is 14.0 Å². The van der Waals surface area contributed by atoms with Crippen LogP contribution in [-0.4, -0.2) is 31.8 Å². The van der Waals surface area contributed by atoms with E-state index >= 15 is 0 Å². The maximum atomic E-state index is 13.5. The fourth-order valence-corrected chi connectivity index (χ4v) is 2.81. The second-order valence-corrected chi connectivity index (χ2v) is 6.08. The minimum atomic E-state index is -5.11. The van der Waals surface area contributed by atoms with E-state index in [-0.39, 0.29) is 5.56 Å². The monoisotopic (exact) mass is 340 g/mol. The molecule has 1 unspecified atom stereocenters. The first-order valence-electron chi connectivity index (χ1n) is 6.24.